The lowest BCUT2D eigenvalue weighted by Gasteiger charge is -2.06. The maximum absolute atomic E-state index is 4.41. The SMILES string of the molecule is CC(C)c1ccc(-n2ccnc2Br)cn1. The zero-order valence-corrected chi connectivity index (χ0v) is 10.3. The average molecular weight is 266 g/mol. The van der Waals surface area contributed by atoms with Gasteiger partial charge in [0.05, 0.1) is 11.9 Å². The highest BCUT2D eigenvalue weighted by Gasteiger charge is 2.03. The summed E-state index contributed by atoms with van der Waals surface area (Å²) in [7, 11) is 0. The summed E-state index contributed by atoms with van der Waals surface area (Å²) < 4.78 is 2.73. The lowest BCUT2D eigenvalue weighted by molar-refractivity contribution is 0.818. The minimum Gasteiger partial charge on any atom is -0.293 e. The first-order valence-corrected chi connectivity index (χ1v) is 5.63. The van der Waals surface area contributed by atoms with E-state index in [0.29, 0.717) is 5.92 Å². The third-order valence-corrected chi connectivity index (χ3v) is 2.82. The number of rotatable bonds is 2. The molecule has 0 N–H and O–H groups in total. The monoisotopic (exact) mass is 265 g/mol. The molecule has 0 bridgehead atoms. The summed E-state index contributed by atoms with van der Waals surface area (Å²) in [5, 5.41) is 0. The minimum atomic E-state index is 0.463. The molecule has 2 heterocycles. The zero-order chi connectivity index (χ0) is 10.8. The maximum Gasteiger partial charge on any atom is 0.181 e. The summed E-state index contributed by atoms with van der Waals surface area (Å²) in [5.74, 6) is 0.463. The molecule has 0 amide bonds. The van der Waals surface area contributed by atoms with Crippen molar-refractivity contribution in [3.8, 4) is 5.69 Å². The van der Waals surface area contributed by atoms with Crippen molar-refractivity contribution >= 4 is 15.9 Å². The minimum absolute atomic E-state index is 0.463. The molecule has 0 saturated carbocycles. The fourth-order valence-corrected chi connectivity index (χ4v) is 1.80. The van der Waals surface area contributed by atoms with Crippen LogP contribution >= 0.6 is 15.9 Å². The quantitative estimate of drug-likeness (QED) is 0.835. The van der Waals surface area contributed by atoms with Gasteiger partial charge in [-0.05, 0) is 34.0 Å². The summed E-state index contributed by atoms with van der Waals surface area (Å²) in [6.45, 7) is 4.27. The number of pyridine rings is 1. The van der Waals surface area contributed by atoms with Crippen LogP contribution in [0.3, 0.4) is 0 Å². The van der Waals surface area contributed by atoms with E-state index in [4.69, 9.17) is 0 Å². The Morgan fingerprint density at radius 3 is 2.53 bits per heavy atom. The number of nitrogens with zero attached hydrogens (tertiary/aromatic N) is 3. The van der Waals surface area contributed by atoms with E-state index in [1.165, 1.54) is 0 Å². The Labute approximate surface area is 97.3 Å². The first-order valence-electron chi connectivity index (χ1n) is 4.83. The van der Waals surface area contributed by atoms with E-state index in [-0.39, 0.29) is 0 Å². The largest absolute Gasteiger partial charge is 0.293 e. The Balaban J connectivity index is 2.36. The van der Waals surface area contributed by atoms with Gasteiger partial charge < -0.3 is 0 Å². The molecular weight excluding hydrogens is 254 g/mol. The average Bonchev–Trinajstić information content (AvgIpc) is 2.65. The molecule has 78 valence electrons. The molecule has 0 aliphatic carbocycles. The number of hydrogen-bond donors (Lipinski definition) is 0. The van der Waals surface area contributed by atoms with Crippen LogP contribution in [0.5, 0.6) is 0 Å². The highest BCUT2D eigenvalue weighted by molar-refractivity contribution is 9.10. The van der Waals surface area contributed by atoms with Gasteiger partial charge in [0.25, 0.3) is 0 Å². The van der Waals surface area contributed by atoms with Gasteiger partial charge in [0.2, 0.25) is 0 Å². The van der Waals surface area contributed by atoms with Crippen LogP contribution in [-0.4, -0.2) is 14.5 Å². The predicted molar refractivity (Wildman–Crippen MR) is 63.1 cm³/mol. The second-order valence-electron chi connectivity index (χ2n) is 3.66. The van der Waals surface area contributed by atoms with Crippen LogP contribution in [0.25, 0.3) is 5.69 Å². The summed E-state index contributed by atoms with van der Waals surface area (Å²) in [5.41, 5.74) is 2.12. The standard InChI is InChI=1S/C11H12BrN3/c1-8(2)10-4-3-9(7-14-10)15-6-5-13-11(15)12/h3-8H,1-2H3. The fourth-order valence-electron chi connectivity index (χ4n) is 1.36. The third-order valence-electron chi connectivity index (χ3n) is 2.24. The molecule has 0 fully saturated rings. The Bertz CT molecular complexity index is 445. The number of hydrogen-bond acceptors (Lipinski definition) is 2. The fraction of sp³-hybridized carbons (Fsp3) is 0.273. The summed E-state index contributed by atoms with van der Waals surface area (Å²) in [6.07, 6.45) is 5.51. The molecule has 0 atom stereocenters. The van der Waals surface area contributed by atoms with Crippen molar-refractivity contribution in [1.82, 2.24) is 14.5 Å². The smallest absolute Gasteiger partial charge is 0.181 e. The van der Waals surface area contributed by atoms with E-state index in [0.717, 1.165) is 16.1 Å². The molecule has 0 aromatic carbocycles. The van der Waals surface area contributed by atoms with Gasteiger partial charge >= 0.3 is 0 Å². The Hall–Kier alpha value is -1.16. The van der Waals surface area contributed by atoms with E-state index in [2.05, 4.69) is 45.8 Å². The van der Waals surface area contributed by atoms with Crippen LogP contribution < -0.4 is 0 Å². The van der Waals surface area contributed by atoms with Crippen molar-refractivity contribution in [2.75, 3.05) is 0 Å². The number of imidazole rings is 1. The van der Waals surface area contributed by atoms with Crippen molar-refractivity contribution in [2.45, 2.75) is 19.8 Å². The van der Waals surface area contributed by atoms with Gasteiger partial charge in [-0.25, -0.2) is 4.98 Å². The molecule has 3 nitrogen and oxygen atoms in total. The molecule has 2 rings (SSSR count). The summed E-state index contributed by atoms with van der Waals surface area (Å²) >= 11 is 3.37. The van der Waals surface area contributed by atoms with Gasteiger partial charge in [0.15, 0.2) is 4.73 Å². The van der Waals surface area contributed by atoms with Crippen LogP contribution in [0, 0.1) is 0 Å². The Morgan fingerprint density at radius 2 is 2.07 bits per heavy atom. The molecule has 0 radical (unpaired) electrons. The molecule has 4 heteroatoms. The van der Waals surface area contributed by atoms with Crippen molar-refractivity contribution in [3.05, 3.63) is 41.2 Å². The summed E-state index contributed by atoms with van der Waals surface area (Å²) in [4.78, 5) is 8.51. The van der Waals surface area contributed by atoms with E-state index in [1.54, 1.807) is 6.20 Å². The second kappa shape index (κ2) is 4.14. The van der Waals surface area contributed by atoms with Crippen molar-refractivity contribution in [3.63, 3.8) is 0 Å². The van der Waals surface area contributed by atoms with Gasteiger partial charge in [-0.2, -0.15) is 0 Å². The van der Waals surface area contributed by atoms with Crippen LogP contribution in [0.15, 0.2) is 35.5 Å². The third kappa shape index (κ3) is 2.09. The molecule has 0 unspecified atom stereocenters. The first kappa shape index (κ1) is 10.4. The van der Waals surface area contributed by atoms with Crippen molar-refractivity contribution < 1.29 is 0 Å². The van der Waals surface area contributed by atoms with Gasteiger partial charge in [-0.15, -0.1) is 0 Å². The van der Waals surface area contributed by atoms with Crippen LogP contribution in [-0.2, 0) is 0 Å². The van der Waals surface area contributed by atoms with E-state index < -0.39 is 0 Å². The van der Waals surface area contributed by atoms with Crippen LogP contribution in [0.2, 0.25) is 0 Å². The highest BCUT2D eigenvalue weighted by atomic mass is 79.9. The normalized spacial score (nSPS) is 10.9. The van der Waals surface area contributed by atoms with Crippen LogP contribution in [0.4, 0.5) is 0 Å². The Morgan fingerprint density at radius 1 is 1.27 bits per heavy atom. The second-order valence-corrected chi connectivity index (χ2v) is 4.37. The van der Waals surface area contributed by atoms with E-state index in [9.17, 15) is 0 Å². The molecule has 0 saturated heterocycles. The lowest BCUT2D eigenvalue weighted by Crippen LogP contribution is -1.97. The molecule has 15 heavy (non-hydrogen) atoms. The van der Waals surface area contributed by atoms with Crippen molar-refractivity contribution in [2.24, 2.45) is 0 Å². The maximum atomic E-state index is 4.41. The predicted octanol–water partition coefficient (Wildman–Crippen LogP) is 3.15. The molecule has 0 aliphatic rings. The topological polar surface area (TPSA) is 30.7 Å². The lowest BCUT2D eigenvalue weighted by atomic mass is 10.1. The van der Waals surface area contributed by atoms with Gasteiger partial charge in [0.1, 0.15) is 0 Å². The molecule has 0 spiro atoms. The van der Waals surface area contributed by atoms with Gasteiger partial charge in [-0.3, -0.25) is 9.55 Å². The highest BCUT2D eigenvalue weighted by Crippen LogP contribution is 2.17. The molecule has 0 aliphatic heterocycles. The summed E-state index contributed by atoms with van der Waals surface area (Å²) in [6, 6.07) is 4.10. The number of halogens is 1. The van der Waals surface area contributed by atoms with Gasteiger partial charge in [-0.1, -0.05) is 13.8 Å². The van der Waals surface area contributed by atoms with Crippen LogP contribution in [0.1, 0.15) is 25.5 Å². The zero-order valence-electron chi connectivity index (χ0n) is 8.68. The van der Waals surface area contributed by atoms with E-state index >= 15 is 0 Å². The first-order chi connectivity index (χ1) is 7.18. The van der Waals surface area contributed by atoms with Crippen molar-refractivity contribution in [1.29, 1.82) is 0 Å². The number of aromatic nitrogens is 3. The molecule has 2 aromatic heterocycles. The van der Waals surface area contributed by atoms with E-state index in [1.807, 2.05) is 23.0 Å². The molecule has 2 aromatic rings. The van der Waals surface area contributed by atoms with Gasteiger partial charge in [0, 0.05) is 18.1 Å². The molecular formula is C11H12BrN3. The Kier molecular flexibility index (Phi) is 2.86.